The third-order valence-electron chi connectivity index (χ3n) is 5.86. The Bertz CT molecular complexity index is 1050. The molecule has 1 saturated heterocycles. The molecule has 164 valence electrons. The normalized spacial score (nSPS) is 19.9. The molecule has 1 aromatic carbocycles. The van der Waals surface area contributed by atoms with Gasteiger partial charge in [-0.3, -0.25) is 4.79 Å². The summed E-state index contributed by atoms with van der Waals surface area (Å²) in [5, 5.41) is 8.87. The summed E-state index contributed by atoms with van der Waals surface area (Å²) in [7, 11) is 0. The standard InChI is InChI=1S/C22H26Cl2N6O/c1-3-18(28-16-10-14(23)9-15(24)11-16)22(31)30-8-4-5-19(13(30)2)29-21-17-6-7-25-20(17)26-12-27-21/h6-7,9-13,18-19,28H,3-5,8H2,1-2H3,(H2,25,26,27,29)/t13?,18-,19?/m1/s1. The monoisotopic (exact) mass is 460 g/mol. The number of carbonyl (C=O) groups excluding carboxylic acids is 1. The number of aromatic amines is 1. The van der Waals surface area contributed by atoms with Crippen LogP contribution in [0.1, 0.15) is 33.1 Å². The van der Waals surface area contributed by atoms with E-state index in [1.165, 1.54) is 0 Å². The highest BCUT2D eigenvalue weighted by molar-refractivity contribution is 6.35. The fraction of sp³-hybridized carbons (Fsp3) is 0.409. The summed E-state index contributed by atoms with van der Waals surface area (Å²) in [6, 6.07) is 6.96. The topological polar surface area (TPSA) is 85.9 Å². The Kier molecular flexibility index (Phi) is 6.53. The number of nitrogens with zero attached hydrogens (tertiary/aromatic N) is 3. The largest absolute Gasteiger partial charge is 0.374 e. The summed E-state index contributed by atoms with van der Waals surface area (Å²) in [5.41, 5.74) is 1.54. The molecule has 0 saturated carbocycles. The van der Waals surface area contributed by atoms with Crippen LogP contribution in [0.5, 0.6) is 0 Å². The van der Waals surface area contributed by atoms with Crippen LogP contribution in [0.4, 0.5) is 11.5 Å². The lowest BCUT2D eigenvalue weighted by Crippen LogP contribution is -2.55. The zero-order valence-corrected chi connectivity index (χ0v) is 19.0. The fourth-order valence-corrected chi connectivity index (χ4v) is 4.71. The van der Waals surface area contributed by atoms with Crippen molar-refractivity contribution in [3.8, 4) is 0 Å². The van der Waals surface area contributed by atoms with E-state index < -0.39 is 0 Å². The van der Waals surface area contributed by atoms with Crippen LogP contribution in [0.3, 0.4) is 0 Å². The zero-order valence-electron chi connectivity index (χ0n) is 17.5. The second kappa shape index (κ2) is 9.32. The Hall–Kier alpha value is -2.51. The lowest BCUT2D eigenvalue weighted by atomic mass is 9.96. The van der Waals surface area contributed by atoms with Crippen LogP contribution in [-0.2, 0) is 4.79 Å². The smallest absolute Gasteiger partial charge is 0.245 e. The van der Waals surface area contributed by atoms with Gasteiger partial charge in [0.05, 0.1) is 5.39 Å². The Balaban J connectivity index is 1.48. The van der Waals surface area contributed by atoms with Crippen molar-refractivity contribution in [1.82, 2.24) is 19.9 Å². The molecule has 31 heavy (non-hydrogen) atoms. The minimum absolute atomic E-state index is 0.0176. The number of nitrogens with one attached hydrogen (secondary N) is 3. The molecule has 3 atom stereocenters. The van der Waals surface area contributed by atoms with Gasteiger partial charge in [0.2, 0.25) is 5.91 Å². The Labute approximate surface area is 191 Å². The van der Waals surface area contributed by atoms with E-state index in [1.807, 2.05) is 24.1 Å². The summed E-state index contributed by atoms with van der Waals surface area (Å²) in [5.74, 6) is 0.864. The van der Waals surface area contributed by atoms with Crippen LogP contribution in [0.2, 0.25) is 10.0 Å². The maximum Gasteiger partial charge on any atom is 0.245 e. The number of hydrogen-bond donors (Lipinski definition) is 3. The molecule has 1 aliphatic rings. The number of hydrogen-bond acceptors (Lipinski definition) is 5. The molecule has 0 radical (unpaired) electrons. The van der Waals surface area contributed by atoms with E-state index in [1.54, 1.807) is 24.5 Å². The molecule has 4 rings (SSSR count). The first kappa shape index (κ1) is 21.7. The van der Waals surface area contributed by atoms with Gasteiger partial charge in [0.15, 0.2) is 0 Å². The number of anilines is 2. The number of fused-ring (bicyclic) bond motifs is 1. The van der Waals surface area contributed by atoms with E-state index in [-0.39, 0.29) is 24.0 Å². The van der Waals surface area contributed by atoms with E-state index in [2.05, 4.69) is 32.5 Å². The number of likely N-dealkylation sites (tertiary alicyclic amines) is 1. The van der Waals surface area contributed by atoms with E-state index in [0.29, 0.717) is 16.5 Å². The maximum atomic E-state index is 13.4. The minimum atomic E-state index is -0.355. The second-order valence-corrected chi connectivity index (χ2v) is 8.76. The molecular weight excluding hydrogens is 435 g/mol. The molecule has 3 heterocycles. The molecular formula is C22H26Cl2N6O. The quantitative estimate of drug-likeness (QED) is 0.484. The van der Waals surface area contributed by atoms with Gasteiger partial charge in [0.1, 0.15) is 23.8 Å². The molecule has 9 heteroatoms. The molecule has 1 aliphatic heterocycles. The van der Waals surface area contributed by atoms with Crippen LogP contribution >= 0.6 is 23.2 Å². The van der Waals surface area contributed by atoms with Crippen LogP contribution in [0.15, 0.2) is 36.8 Å². The van der Waals surface area contributed by atoms with Crippen molar-refractivity contribution in [3.05, 3.63) is 46.8 Å². The van der Waals surface area contributed by atoms with Crippen LogP contribution < -0.4 is 10.6 Å². The molecule has 2 aromatic heterocycles. The first-order valence-electron chi connectivity index (χ1n) is 10.5. The van der Waals surface area contributed by atoms with Gasteiger partial charge >= 0.3 is 0 Å². The average Bonchev–Trinajstić information content (AvgIpc) is 3.22. The summed E-state index contributed by atoms with van der Waals surface area (Å²) in [4.78, 5) is 27.2. The predicted molar refractivity (Wildman–Crippen MR) is 126 cm³/mol. The predicted octanol–water partition coefficient (Wildman–Crippen LogP) is 4.95. The summed E-state index contributed by atoms with van der Waals surface area (Å²) >= 11 is 12.2. The van der Waals surface area contributed by atoms with Crippen molar-refractivity contribution in [1.29, 1.82) is 0 Å². The van der Waals surface area contributed by atoms with E-state index >= 15 is 0 Å². The van der Waals surface area contributed by atoms with E-state index in [0.717, 1.165) is 41.9 Å². The van der Waals surface area contributed by atoms with Crippen molar-refractivity contribution >= 4 is 51.6 Å². The number of amides is 1. The number of rotatable bonds is 6. The number of halogens is 2. The highest BCUT2D eigenvalue weighted by Crippen LogP contribution is 2.27. The number of benzene rings is 1. The van der Waals surface area contributed by atoms with Crippen LogP contribution in [0.25, 0.3) is 11.0 Å². The van der Waals surface area contributed by atoms with Crippen molar-refractivity contribution in [2.75, 3.05) is 17.2 Å². The van der Waals surface area contributed by atoms with Gasteiger partial charge in [0.25, 0.3) is 0 Å². The van der Waals surface area contributed by atoms with Gasteiger partial charge in [-0.05, 0) is 50.5 Å². The molecule has 1 fully saturated rings. The molecule has 0 aliphatic carbocycles. The van der Waals surface area contributed by atoms with Gasteiger partial charge < -0.3 is 20.5 Å². The highest BCUT2D eigenvalue weighted by Gasteiger charge is 2.34. The number of carbonyl (C=O) groups is 1. The molecule has 1 amide bonds. The first-order chi connectivity index (χ1) is 15.0. The number of piperidine rings is 1. The van der Waals surface area contributed by atoms with E-state index in [4.69, 9.17) is 23.2 Å². The van der Waals surface area contributed by atoms with Gasteiger partial charge in [-0.2, -0.15) is 0 Å². The Morgan fingerprint density at radius 2 is 2.06 bits per heavy atom. The van der Waals surface area contributed by atoms with Gasteiger partial charge in [-0.25, -0.2) is 9.97 Å². The van der Waals surface area contributed by atoms with E-state index in [9.17, 15) is 4.79 Å². The van der Waals surface area contributed by atoms with Crippen molar-refractivity contribution in [2.24, 2.45) is 0 Å². The van der Waals surface area contributed by atoms with Crippen LogP contribution in [-0.4, -0.2) is 50.4 Å². The SMILES string of the molecule is CC[C@@H](Nc1cc(Cl)cc(Cl)c1)C(=O)N1CCCC(Nc2ncnc3[nH]ccc23)C1C. The van der Waals surface area contributed by atoms with Crippen LogP contribution in [0, 0.1) is 0 Å². The molecule has 2 unspecified atom stereocenters. The second-order valence-electron chi connectivity index (χ2n) is 7.89. The lowest BCUT2D eigenvalue weighted by molar-refractivity contribution is -0.135. The zero-order chi connectivity index (χ0) is 22.0. The van der Waals surface area contributed by atoms with Gasteiger partial charge in [0, 0.05) is 40.6 Å². The first-order valence-corrected chi connectivity index (χ1v) is 11.3. The number of aromatic nitrogens is 3. The molecule has 7 nitrogen and oxygen atoms in total. The summed E-state index contributed by atoms with van der Waals surface area (Å²) < 4.78 is 0. The van der Waals surface area contributed by atoms with Gasteiger partial charge in [-0.15, -0.1) is 0 Å². The minimum Gasteiger partial charge on any atom is -0.374 e. The Morgan fingerprint density at radius 1 is 1.29 bits per heavy atom. The maximum absolute atomic E-state index is 13.4. The fourth-order valence-electron chi connectivity index (χ4n) is 4.19. The lowest BCUT2D eigenvalue weighted by Gasteiger charge is -2.41. The highest BCUT2D eigenvalue weighted by atomic mass is 35.5. The molecule has 0 bridgehead atoms. The van der Waals surface area contributed by atoms with Crippen molar-refractivity contribution in [3.63, 3.8) is 0 Å². The molecule has 3 N–H and O–H groups in total. The average molecular weight is 461 g/mol. The Morgan fingerprint density at radius 3 is 2.81 bits per heavy atom. The third kappa shape index (κ3) is 4.72. The van der Waals surface area contributed by atoms with Crippen molar-refractivity contribution in [2.45, 2.75) is 51.2 Å². The van der Waals surface area contributed by atoms with Crippen molar-refractivity contribution < 1.29 is 4.79 Å². The number of H-pyrrole nitrogens is 1. The summed E-state index contributed by atoms with van der Waals surface area (Å²) in [6.45, 7) is 4.82. The third-order valence-corrected chi connectivity index (χ3v) is 6.29. The van der Waals surface area contributed by atoms with Gasteiger partial charge in [-0.1, -0.05) is 30.1 Å². The molecule has 0 spiro atoms. The summed E-state index contributed by atoms with van der Waals surface area (Å²) in [6.07, 6.45) is 5.94. The molecule has 3 aromatic rings.